The maximum Gasteiger partial charge on any atom is 0.152 e. The van der Waals surface area contributed by atoms with Crippen molar-refractivity contribution in [3.05, 3.63) is 59.6 Å². The number of hydrogen-bond donors (Lipinski definition) is 1. The Kier molecular flexibility index (Phi) is 4.88. The molecule has 1 N–H and O–H groups in total. The first-order chi connectivity index (χ1) is 9.70. The number of benzene rings is 1. The van der Waals surface area contributed by atoms with Crippen molar-refractivity contribution in [2.24, 2.45) is 0 Å². The standard InChI is InChI=1S/C17H21N3/c1-4-8-15-17(20-16(12-18-15)13(2)3)19-11-14-9-6-5-7-10-14/h4-10,12-13H,11H2,1-3H3,(H,19,20). The van der Waals surface area contributed by atoms with Crippen molar-refractivity contribution in [3.63, 3.8) is 0 Å². The van der Waals surface area contributed by atoms with Crippen LogP contribution in [0, 0.1) is 0 Å². The van der Waals surface area contributed by atoms with Gasteiger partial charge >= 0.3 is 0 Å². The van der Waals surface area contributed by atoms with Crippen LogP contribution < -0.4 is 5.32 Å². The number of hydrogen-bond acceptors (Lipinski definition) is 3. The Morgan fingerprint density at radius 1 is 1.20 bits per heavy atom. The third kappa shape index (κ3) is 3.67. The molecule has 2 aromatic rings. The summed E-state index contributed by atoms with van der Waals surface area (Å²) in [5.74, 6) is 1.22. The molecule has 0 bridgehead atoms. The highest BCUT2D eigenvalue weighted by Gasteiger charge is 2.07. The summed E-state index contributed by atoms with van der Waals surface area (Å²) in [5.41, 5.74) is 3.12. The molecular formula is C17H21N3. The van der Waals surface area contributed by atoms with Gasteiger partial charge in [0.2, 0.25) is 0 Å². The Balaban J connectivity index is 2.21. The minimum atomic E-state index is 0.374. The van der Waals surface area contributed by atoms with Crippen LogP contribution in [0.15, 0.2) is 42.6 Å². The summed E-state index contributed by atoms with van der Waals surface area (Å²) in [5, 5.41) is 3.38. The number of rotatable bonds is 5. The maximum absolute atomic E-state index is 4.68. The number of aromatic nitrogens is 2. The molecule has 1 heterocycles. The summed E-state index contributed by atoms with van der Waals surface area (Å²) in [6.45, 7) is 6.99. The molecule has 104 valence electrons. The second kappa shape index (κ2) is 6.85. The van der Waals surface area contributed by atoms with Gasteiger partial charge < -0.3 is 5.32 Å². The van der Waals surface area contributed by atoms with Crippen LogP contribution >= 0.6 is 0 Å². The van der Waals surface area contributed by atoms with E-state index in [1.54, 1.807) is 0 Å². The van der Waals surface area contributed by atoms with Crippen LogP contribution in [0.5, 0.6) is 0 Å². The molecule has 0 aliphatic heterocycles. The van der Waals surface area contributed by atoms with Crippen molar-refractivity contribution in [2.45, 2.75) is 33.2 Å². The van der Waals surface area contributed by atoms with Crippen molar-refractivity contribution >= 4 is 11.9 Å². The lowest BCUT2D eigenvalue weighted by Crippen LogP contribution is -2.07. The van der Waals surface area contributed by atoms with E-state index >= 15 is 0 Å². The zero-order valence-electron chi connectivity index (χ0n) is 12.3. The van der Waals surface area contributed by atoms with Gasteiger partial charge in [-0.05, 0) is 24.5 Å². The highest BCUT2D eigenvalue weighted by atomic mass is 15.0. The van der Waals surface area contributed by atoms with E-state index in [1.807, 2.05) is 43.5 Å². The quantitative estimate of drug-likeness (QED) is 0.880. The van der Waals surface area contributed by atoms with E-state index in [4.69, 9.17) is 0 Å². The van der Waals surface area contributed by atoms with Gasteiger partial charge in [-0.25, -0.2) is 4.98 Å². The summed E-state index contributed by atoms with van der Waals surface area (Å²) >= 11 is 0. The Morgan fingerprint density at radius 2 is 1.95 bits per heavy atom. The van der Waals surface area contributed by atoms with Crippen molar-refractivity contribution in [2.75, 3.05) is 5.32 Å². The molecule has 0 radical (unpaired) electrons. The third-order valence-corrected chi connectivity index (χ3v) is 3.04. The molecule has 0 amide bonds. The maximum atomic E-state index is 4.68. The Labute approximate surface area is 120 Å². The molecule has 0 aliphatic carbocycles. The van der Waals surface area contributed by atoms with Crippen molar-refractivity contribution in [1.82, 2.24) is 9.97 Å². The van der Waals surface area contributed by atoms with Crippen LogP contribution in [0.4, 0.5) is 5.82 Å². The number of nitrogens with zero attached hydrogens (tertiary/aromatic N) is 2. The first kappa shape index (κ1) is 14.3. The normalized spacial score (nSPS) is 11.2. The van der Waals surface area contributed by atoms with Crippen molar-refractivity contribution in [1.29, 1.82) is 0 Å². The van der Waals surface area contributed by atoms with E-state index in [0.717, 1.165) is 23.8 Å². The molecule has 1 aromatic heterocycles. The second-order valence-electron chi connectivity index (χ2n) is 5.02. The van der Waals surface area contributed by atoms with Crippen LogP contribution in [0.3, 0.4) is 0 Å². The van der Waals surface area contributed by atoms with E-state index < -0.39 is 0 Å². The van der Waals surface area contributed by atoms with E-state index in [2.05, 4.69) is 41.3 Å². The van der Waals surface area contributed by atoms with Gasteiger partial charge in [-0.15, -0.1) is 0 Å². The average Bonchev–Trinajstić information content (AvgIpc) is 2.47. The smallest absolute Gasteiger partial charge is 0.152 e. The molecule has 3 nitrogen and oxygen atoms in total. The van der Waals surface area contributed by atoms with Crippen LogP contribution in [-0.2, 0) is 6.54 Å². The van der Waals surface area contributed by atoms with Gasteiger partial charge in [0.15, 0.2) is 5.82 Å². The number of allylic oxidation sites excluding steroid dienone is 1. The fourth-order valence-corrected chi connectivity index (χ4v) is 1.88. The largest absolute Gasteiger partial charge is 0.364 e. The van der Waals surface area contributed by atoms with Gasteiger partial charge in [0.1, 0.15) is 5.69 Å². The van der Waals surface area contributed by atoms with Crippen molar-refractivity contribution < 1.29 is 0 Å². The fraction of sp³-hybridized carbons (Fsp3) is 0.294. The van der Waals surface area contributed by atoms with E-state index in [9.17, 15) is 0 Å². The van der Waals surface area contributed by atoms with Crippen LogP contribution in [0.1, 0.15) is 43.6 Å². The minimum absolute atomic E-state index is 0.374. The van der Waals surface area contributed by atoms with Crippen LogP contribution in [-0.4, -0.2) is 9.97 Å². The highest BCUT2D eigenvalue weighted by Crippen LogP contribution is 2.18. The molecule has 0 atom stereocenters. The first-order valence-electron chi connectivity index (χ1n) is 6.98. The molecule has 0 fully saturated rings. The highest BCUT2D eigenvalue weighted by molar-refractivity contribution is 5.59. The lowest BCUT2D eigenvalue weighted by molar-refractivity contribution is 0.810. The lowest BCUT2D eigenvalue weighted by Gasteiger charge is -2.11. The van der Waals surface area contributed by atoms with Gasteiger partial charge in [0, 0.05) is 12.7 Å². The molecule has 0 saturated heterocycles. The SMILES string of the molecule is CC=Cc1ncc(C(C)C)nc1NCc1ccccc1. The molecule has 2 rings (SSSR count). The molecule has 1 aromatic carbocycles. The monoisotopic (exact) mass is 267 g/mol. The molecule has 0 spiro atoms. The van der Waals surface area contributed by atoms with Crippen LogP contribution in [0.25, 0.3) is 6.08 Å². The lowest BCUT2D eigenvalue weighted by atomic mass is 10.1. The molecule has 3 heteroatoms. The van der Waals surface area contributed by atoms with Crippen molar-refractivity contribution in [3.8, 4) is 0 Å². The summed E-state index contributed by atoms with van der Waals surface area (Å²) in [4.78, 5) is 9.17. The average molecular weight is 267 g/mol. The van der Waals surface area contributed by atoms with E-state index in [1.165, 1.54) is 5.56 Å². The summed E-state index contributed by atoms with van der Waals surface area (Å²) in [6, 6.07) is 10.3. The van der Waals surface area contributed by atoms with E-state index in [-0.39, 0.29) is 0 Å². The first-order valence-corrected chi connectivity index (χ1v) is 6.98. The molecule has 20 heavy (non-hydrogen) atoms. The summed E-state index contributed by atoms with van der Waals surface area (Å²) < 4.78 is 0. The Hall–Kier alpha value is -2.16. The van der Waals surface area contributed by atoms with Gasteiger partial charge in [-0.2, -0.15) is 0 Å². The Morgan fingerprint density at radius 3 is 2.60 bits per heavy atom. The fourth-order valence-electron chi connectivity index (χ4n) is 1.88. The Bertz CT molecular complexity index is 574. The number of nitrogens with one attached hydrogen (secondary N) is 1. The zero-order valence-corrected chi connectivity index (χ0v) is 12.3. The third-order valence-electron chi connectivity index (χ3n) is 3.04. The summed E-state index contributed by atoms with van der Waals surface area (Å²) in [6.07, 6.45) is 5.81. The second-order valence-corrected chi connectivity index (χ2v) is 5.02. The topological polar surface area (TPSA) is 37.8 Å². The summed E-state index contributed by atoms with van der Waals surface area (Å²) in [7, 11) is 0. The minimum Gasteiger partial charge on any atom is -0.364 e. The predicted molar refractivity (Wildman–Crippen MR) is 84.6 cm³/mol. The van der Waals surface area contributed by atoms with Crippen LogP contribution in [0.2, 0.25) is 0 Å². The van der Waals surface area contributed by atoms with Gasteiger partial charge in [-0.3, -0.25) is 4.98 Å². The molecular weight excluding hydrogens is 246 g/mol. The van der Waals surface area contributed by atoms with E-state index in [0.29, 0.717) is 5.92 Å². The molecule has 0 aliphatic rings. The van der Waals surface area contributed by atoms with Gasteiger partial charge in [0.05, 0.1) is 5.69 Å². The molecule has 0 unspecified atom stereocenters. The predicted octanol–water partition coefficient (Wildman–Crippen LogP) is 4.25. The zero-order chi connectivity index (χ0) is 14.4. The molecule has 0 saturated carbocycles. The number of anilines is 1. The van der Waals surface area contributed by atoms with Gasteiger partial charge in [0.25, 0.3) is 0 Å². The van der Waals surface area contributed by atoms with Gasteiger partial charge in [-0.1, -0.05) is 50.3 Å².